The minimum absolute atomic E-state index is 0.0182. The van der Waals surface area contributed by atoms with Crippen LogP contribution in [0.2, 0.25) is 0 Å². The van der Waals surface area contributed by atoms with Gasteiger partial charge in [0.25, 0.3) is 5.91 Å². The molecule has 0 saturated carbocycles. The Morgan fingerprint density at radius 1 is 1.03 bits per heavy atom. The van der Waals surface area contributed by atoms with Crippen LogP contribution in [-0.4, -0.2) is 49.3 Å². The van der Waals surface area contributed by atoms with Crippen molar-refractivity contribution in [1.29, 1.82) is 0 Å². The van der Waals surface area contributed by atoms with Crippen molar-refractivity contribution >= 4 is 23.3 Å². The number of carboxylic acids is 1. The molecule has 3 aromatic carbocycles. The zero-order chi connectivity index (χ0) is 26.3. The maximum Gasteiger partial charge on any atom is 0.304 e. The lowest BCUT2D eigenvalue weighted by Crippen LogP contribution is -2.41. The first kappa shape index (κ1) is 24.7. The summed E-state index contributed by atoms with van der Waals surface area (Å²) >= 11 is 0. The second kappa shape index (κ2) is 9.81. The summed E-state index contributed by atoms with van der Waals surface area (Å²) in [4.78, 5) is 29.2. The molecule has 0 bridgehead atoms. The molecule has 0 spiro atoms. The predicted molar refractivity (Wildman–Crippen MR) is 143 cm³/mol. The van der Waals surface area contributed by atoms with Crippen molar-refractivity contribution in [3.63, 3.8) is 0 Å². The molecular formula is C30H32N2O5. The van der Waals surface area contributed by atoms with Gasteiger partial charge in [-0.25, -0.2) is 0 Å². The predicted octanol–water partition coefficient (Wildman–Crippen LogP) is 5.19. The van der Waals surface area contributed by atoms with Crippen molar-refractivity contribution in [3.8, 4) is 11.5 Å². The summed E-state index contributed by atoms with van der Waals surface area (Å²) < 4.78 is 12.3. The van der Waals surface area contributed by atoms with E-state index in [-0.39, 0.29) is 30.4 Å². The molecule has 2 aliphatic rings. The minimum Gasteiger partial charge on any atom is -0.489 e. The lowest BCUT2D eigenvalue weighted by atomic mass is 9.92. The Labute approximate surface area is 217 Å². The molecule has 5 rings (SSSR count). The van der Waals surface area contributed by atoms with Gasteiger partial charge in [0.2, 0.25) is 0 Å². The topological polar surface area (TPSA) is 79.3 Å². The summed E-state index contributed by atoms with van der Waals surface area (Å²) in [6.07, 6.45) is -0.135. The fourth-order valence-corrected chi connectivity index (χ4v) is 5.51. The van der Waals surface area contributed by atoms with Crippen LogP contribution in [0.15, 0.2) is 60.7 Å². The van der Waals surface area contributed by atoms with Gasteiger partial charge in [-0.2, -0.15) is 0 Å². The molecule has 192 valence electrons. The standard InChI is InChI=1S/C30H32N2O5/c1-18-14-28(36-17-21-16-31(4)26-11-7-8-12-27(26)37-21)19(2)13-23(18)30(35)32-20(3)24(15-29(33)34)22-9-5-6-10-25(22)32/h5-14,20-21,24H,15-17H2,1-4H3,(H,33,34)/t20?,21-,24?/m0/s1. The first-order valence-corrected chi connectivity index (χ1v) is 12.6. The van der Waals surface area contributed by atoms with Crippen LogP contribution in [0.3, 0.4) is 0 Å². The number of benzene rings is 3. The van der Waals surface area contributed by atoms with E-state index in [1.165, 1.54) is 0 Å². The Morgan fingerprint density at radius 2 is 1.73 bits per heavy atom. The van der Waals surface area contributed by atoms with Gasteiger partial charge in [-0.1, -0.05) is 30.3 Å². The zero-order valence-electron chi connectivity index (χ0n) is 21.6. The van der Waals surface area contributed by atoms with Crippen LogP contribution in [-0.2, 0) is 4.79 Å². The number of ether oxygens (including phenoxy) is 2. The third-order valence-corrected chi connectivity index (χ3v) is 7.42. The normalized spacial score (nSPS) is 20.2. The van der Waals surface area contributed by atoms with Crippen LogP contribution in [0.4, 0.5) is 11.4 Å². The van der Waals surface area contributed by atoms with E-state index in [9.17, 15) is 14.7 Å². The number of carbonyl (C=O) groups is 2. The van der Waals surface area contributed by atoms with E-state index in [1.807, 2.05) is 88.5 Å². The number of aliphatic carboxylic acids is 1. The van der Waals surface area contributed by atoms with Gasteiger partial charge in [-0.05, 0) is 67.8 Å². The average Bonchev–Trinajstić information content (AvgIpc) is 3.14. The first-order valence-electron chi connectivity index (χ1n) is 12.6. The van der Waals surface area contributed by atoms with Crippen LogP contribution in [0, 0.1) is 13.8 Å². The molecule has 1 N–H and O–H groups in total. The van der Waals surface area contributed by atoms with Gasteiger partial charge in [0.05, 0.1) is 18.7 Å². The fraction of sp³-hybridized carbons (Fsp3) is 0.333. The third-order valence-electron chi connectivity index (χ3n) is 7.42. The van der Waals surface area contributed by atoms with E-state index in [0.717, 1.165) is 46.1 Å². The van der Waals surface area contributed by atoms with Crippen molar-refractivity contribution in [3.05, 3.63) is 82.9 Å². The number of carboxylic acid groups (broad SMARTS) is 1. The molecule has 2 aliphatic heterocycles. The Kier molecular flexibility index (Phi) is 6.54. The van der Waals surface area contributed by atoms with E-state index < -0.39 is 5.97 Å². The highest BCUT2D eigenvalue weighted by atomic mass is 16.5. The van der Waals surface area contributed by atoms with Gasteiger partial charge >= 0.3 is 5.97 Å². The van der Waals surface area contributed by atoms with Crippen molar-refractivity contribution in [1.82, 2.24) is 0 Å². The number of rotatable bonds is 6. The molecule has 7 heteroatoms. The largest absolute Gasteiger partial charge is 0.489 e. The SMILES string of the molecule is Cc1cc(C(=O)N2c3ccccc3C(CC(=O)O)C2C)c(C)cc1OC[C@@H]1CN(C)c2ccccc2O1. The van der Waals surface area contributed by atoms with E-state index in [4.69, 9.17) is 9.47 Å². The van der Waals surface area contributed by atoms with E-state index in [1.54, 1.807) is 4.90 Å². The quantitative estimate of drug-likeness (QED) is 0.502. The molecule has 37 heavy (non-hydrogen) atoms. The van der Waals surface area contributed by atoms with Crippen LogP contribution >= 0.6 is 0 Å². The Hall–Kier alpha value is -4.00. The van der Waals surface area contributed by atoms with Crippen LogP contribution in [0.25, 0.3) is 0 Å². The van der Waals surface area contributed by atoms with E-state index in [2.05, 4.69) is 4.90 Å². The highest BCUT2D eigenvalue weighted by Gasteiger charge is 2.40. The number of likely N-dealkylation sites (N-methyl/N-ethyl adjacent to an activating group) is 1. The highest BCUT2D eigenvalue weighted by Crippen LogP contribution is 2.43. The number of hydrogen-bond acceptors (Lipinski definition) is 5. The Morgan fingerprint density at radius 3 is 2.49 bits per heavy atom. The summed E-state index contributed by atoms with van der Waals surface area (Å²) in [5, 5.41) is 9.45. The van der Waals surface area contributed by atoms with Gasteiger partial charge in [0.15, 0.2) is 0 Å². The number of nitrogens with zero attached hydrogens (tertiary/aromatic N) is 2. The monoisotopic (exact) mass is 500 g/mol. The van der Waals surface area contributed by atoms with Crippen LogP contribution in [0.1, 0.15) is 46.3 Å². The molecule has 0 aromatic heterocycles. The second-order valence-corrected chi connectivity index (χ2v) is 10.0. The van der Waals surface area contributed by atoms with Gasteiger partial charge < -0.3 is 24.4 Å². The summed E-state index contributed by atoms with van der Waals surface area (Å²) in [5.74, 6) is 0.318. The van der Waals surface area contributed by atoms with Crippen molar-refractivity contribution in [2.45, 2.75) is 45.3 Å². The number of fused-ring (bicyclic) bond motifs is 2. The first-order chi connectivity index (χ1) is 17.7. The summed E-state index contributed by atoms with van der Waals surface area (Å²) in [7, 11) is 2.04. The molecule has 0 fully saturated rings. The number of aryl methyl sites for hydroxylation is 2. The van der Waals surface area contributed by atoms with Crippen molar-refractivity contribution in [2.24, 2.45) is 0 Å². The number of amides is 1. The van der Waals surface area contributed by atoms with Crippen LogP contribution in [0.5, 0.6) is 11.5 Å². The summed E-state index contributed by atoms with van der Waals surface area (Å²) in [5.41, 5.74) is 5.01. The number of anilines is 2. The minimum atomic E-state index is -0.869. The molecule has 3 aromatic rings. The van der Waals surface area contributed by atoms with Crippen molar-refractivity contribution < 1.29 is 24.2 Å². The number of hydrogen-bond donors (Lipinski definition) is 1. The van der Waals surface area contributed by atoms with Gasteiger partial charge in [-0.15, -0.1) is 0 Å². The molecule has 2 heterocycles. The van der Waals surface area contributed by atoms with Gasteiger partial charge in [-0.3, -0.25) is 9.59 Å². The molecule has 0 saturated heterocycles. The fourth-order valence-electron chi connectivity index (χ4n) is 5.51. The second-order valence-electron chi connectivity index (χ2n) is 10.0. The lowest BCUT2D eigenvalue weighted by molar-refractivity contribution is -0.137. The van der Waals surface area contributed by atoms with Gasteiger partial charge in [0, 0.05) is 30.3 Å². The average molecular weight is 501 g/mol. The van der Waals surface area contributed by atoms with E-state index >= 15 is 0 Å². The molecule has 3 atom stereocenters. The zero-order valence-corrected chi connectivity index (χ0v) is 21.6. The third kappa shape index (κ3) is 4.61. The molecule has 0 aliphatic carbocycles. The Balaban J connectivity index is 1.34. The smallest absolute Gasteiger partial charge is 0.304 e. The molecule has 7 nitrogen and oxygen atoms in total. The number of carbonyl (C=O) groups excluding carboxylic acids is 1. The van der Waals surface area contributed by atoms with Gasteiger partial charge in [0.1, 0.15) is 24.2 Å². The summed E-state index contributed by atoms with van der Waals surface area (Å²) in [6.45, 7) is 6.87. The summed E-state index contributed by atoms with van der Waals surface area (Å²) in [6, 6.07) is 19.1. The molecular weight excluding hydrogens is 468 g/mol. The maximum atomic E-state index is 13.8. The van der Waals surface area contributed by atoms with Crippen molar-refractivity contribution in [2.75, 3.05) is 30.0 Å². The van der Waals surface area contributed by atoms with E-state index in [0.29, 0.717) is 12.2 Å². The molecule has 1 amide bonds. The Bertz CT molecular complexity index is 1350. The molecule has 2 unspecified atom stereocenters. The molecule has 0 radical (unpaired) electrons. The van der Waals surface area contributed by atoms with Crippen LogP contribution < -0.4 is 19.3 Å². The number of para-hydroxylation sites is 3. The maximum absolute atomic E-state index is 13.8. The highest BCUT2D eigenvalue weighted by molar-refractivity contribution is 6.09. The lowest BCUT2D eigenvalue weighted by Gasteiger charge is -2.33.